The van der Waals surface area contributed by atoms with Gasteiger partial charge in [-0.05, 0) is 5.92 Å². The summed E-state index contributed by atoms with van der Waals surface area (Å²) in [6, 6.07) is 1.58. The van der Waals surface area contributed by atoms with Gasteiger partial charge in [-0.2, -0.15) is 0 Å². The maximum absolute atomic E-state index is 11.4. The minimum atomic E-state index is -0.0640. The first-order valence-corrected chi connectivity index (χ1v) is 5.16. The molecular formula is C10H17N5O. The molecule has 0 spiro atoms. The molecule has 0 unspecified atom stereocenters. The summed E-state index contributed by atoms with van der Waals surface area (Å²) in [6.45, 7) is 4.94. The van der Waals surface area contributed by atoms with E-state index in [1.165, 1.54) is 6.33 Å². The molecule has 0 bridgehead atoms. The van der Waals surface area contributed by atoms with E-state index in [2.05, 4.69) is 20.6 Å². The Hall–Kier alpha value is -1.85. The fraction of sp³-hybridized carbons (Fsp3) is 0.500. The summed E-state index contributed by atoms with van der Waals surface area (Å²) >= 11 is 0. The van der Waals surface area contributed by atoms with Gasteiger partial charge in [0.25, 0.3) is 0 Å². The highest BCUT2D eigenvalue weighted by atomic mass is 16.1. The van der Waals surface area contributed by atoms with Gasteiger partial charge in [0.05, 0.1) is 6.54 Å². The van der Waals surface area contributed by atoms with Crippen LogP contribution in [0.5, 0.6) is 0 Å². The molecule has 1 heterocycles. The lowest BCUT2D eigenvalue weighted by Gasteiger charge is -2.08. The van der Waals surface area contributed by atoms with E-state index >= 15 is 0 Å². The van der Waals surface area contributed by atoms with Crippen molar-refractivity contribution in [2.75, 3.05) is 24.1 Å². The predicted molar refractivity (Wildman–Crippen MR) is 62.8 cm³/mol. The molecular weight excluding hydrogens is 206 g/mol. The van der Waals surface area contributed by atoms with Crippen LogP contribution >= 0.6 is 0 Å². The SMILES string of the molecule is CC(C)CNC(=O)CNc1cc(N)ncn1. The average Bonchev–Trinajstić information content (AvgIpc) is 2.23. The van der Waals surface area contributed by atoms with E-state index in [1.54, 1.807) is 6.07 Å². The molecule has 0 aliphatic rings. The Morgan fingerprint density at radius 3 is 2.88 bits per heavy atom. The number of hydrogen-bond acceptors (Lipinski definition) is 5. The van der Waals surface area contributed by atoms with Crippen molar-refractivity contribution in [3.8, 4) is 0 Å². The zero-order chi connectivity index (χ0) is 12.0. The van der Waals surface area contributed by atoms with E-state index < -0.39 is 0 Å². The van der Waals surface area contributed by atoms with Gasteiger partial charge in [-0.1, -0.05) is 13.8 Å². The molecule has 0 aromatic carbocycles. The number of carbonyl (C=O) groups is 1. The minimum Gasteiger partial charge on any atom is -0.384 e. The number of nitrogens with one attached hydrogen (secondary N) is 2. The van der Waals surface area contributed by atoms with Crippen LogP contribution < -0.4 is 16.4 Å². The summed E-state index contributed by atoms with van der Waals surface area (Å²) in [5.41, 5.74) is 5.47. The number of aromatic nitrogens is 2. The van der Waals surface area contributed by atoms with Crippen LogP contribution in [0.2, 0.25) is 0 Å². The van der Waals surface area contributed by atoms with Gasteiger partial charge in [0, 0.05) is 12.6 Å². The summed E-state index contributed by atoms with van der Waals surface area (Å²) in [4.78, 5) is 19.0. The number of nitrogen functional groups attached to an aromatic ring is 1. The van der Waals surface area contributed by atoms with Gasteiger partial charge in [-0.25, -0.2) is 9.97 Å². The molecule has 16 heavy (non-hydrogen) atoms. The van der Waals surface area contributed by atoms with E-state index in [0.29, 0.717) is 24.1 Å². The standard InChI is InChI=1S/C10H17N5O/c1-7(2)4-13-10(16)5-12-9-3-8(11)14-6-15-9/h3,6-7H,4-5H2,1-2H3,(H,13,16)(H3,11,12,14,15). The smallest absolute Gasteiger partial charge is 0.239 e. The van der Waals surface area contributed by atoms with E-state index in [0.717, 1.165) is 0 Å². The molecule has 1 aromatic heterocycles. The van der Waals surface area contributed by atoms with Gasteiger partial charge in [0.15, 0.2) is 0 Å². The molecule has 6 nitrogen and oxygen atoms in total. The largest absolute Gasteiger partial charge is 0.384 e. The Balaban J connectivity index is 2.31. The summed E-state index contributed by atoms with van der Waals surface area (Å²) < 4.78 is 0. The second kappa shape index (κ2) is 5.89. The predicted octanol–water partition coefficient (Wildman–Crippen LogP) is 0.243. The Labute approximate surface area is 94.7 Å². The number of anilines is 2. The van der Waals surface area contributed by atoms with Gasteiger partial charge >= 0.3 is 0 Å². The highest BCUT2D eigenvalue weighted by molar-refractivity contribution is 5.80. The molecule has 6 heteroatoms. The molecule has 0 radical (unpaired) electrons. The molecule has 0 aliphatic carbocycles. The summed E-state index contributed by atoms with van der Waals surface area (Å²) in [5, 5.41) is 5.66. The number of nitrogens with zero attached hydrogens (tertiary/aromatic N) is 2. The molecule has 0 saturated heterocycles. The first kappa shape index (κ1) is 12.2. The molecule has 4 N–H and O–H groups in total. The molecule has 0 fully saturated rings. The van der Waals surface area contributed by atoms with E-state index in [4.69, 9.17) is 5.73 Å². The van der Waals surface area contributed by atoms with Crippen molar-refractivity contribution in [3.63, 3.8) is 0 Å². The van der Waals surface area contributed by atoms with Gasteiger partial charge in [0.1, 0.15) is 18.0 Å². The summed E-state index contributed by atoms with van der Waals surface area (Å²) in [7, 11) is 0. The lowest BCUT2D eigenvalue weighted by Crippen LogP contribution is -2.32. The molecule has 0 saturated carbocycles. The van der Waals surface area contributed by atoms with Crippen LogP contribution in [-0.2, 0) is 4.79 Å². The molecule has 88 valence electrons. The van der Waals surface area contributed by atoms with E-state index in [-0.39, 0.29) is 12.5 Å². The highest BCUT2D eigenvalue weighted by Crippen LogP contribution is 2.03. The summed E-state index contributed by atoms with van der Waals surface area (Å²) in [5.74, 6) is 1.30. The number of rotatable bonds is 5. The van der Waals surface area contributed by atoms with Crippen molar-refractivity contribution >= 4 is 17.5 Å². The second-order valence-corrected chi connectivity index (χ2v) is 3.88. The molecule has 1 amide bonds. The first-order valence-electron chi connectivity index (χ1n) is 5.16. The van der Waals surface area contributed by atoms with E-state index in [1.807, 2.05) is 13.8 Å². The molecule has 0 aliphatic heterocycles. The minimum absolute atomic E-state index is 0.0640. The zero-order valence-corrected chi connectivity index (χ0v) is 9.53. The highest BCUT2D eigenvalue weighted by Gasteiger charge is 2.02. The monoisotopic (exact) mass is 223 g/mol. The van der Waals surface area contributed by atoms with Crippen molar-refractivity contribution in [1.29, 1.82) is 0 Å². The Morgan fingerprint density at radius 1 is 1.50 bits per heavy atom. The average molecular weight is 223 g/mol. The third-order valence-corrected chi connectivity index (χ3v) is 1.83. The fourth-order valence-electron chi connectivity index (χ4n) is 1.02. The van der Waals surface area contributed by atoms with Crippen molar-refractivity contribution in [2.24, 2.45) is 5.92 Å². The topological polar surface area (TPSA) is 92.9 Å². The second-order valence-electron chi connectivity index (χ2n) is 3.88. The van der Waals surface area contributed by atoms with Crippen molar-refractivity contribution in [3.05, 3.63) is 12.4 Å². The van der Waals surface area contributed by atoms with Crippen LogP contribution in [0.15, 0.2) is 12.4 Å². The van der Waals surface area contributed by atoms with E-state index in [9.17, 15) is 4.79 Å². The maximum Gasteiger partial charge on any atom is 0.239 e. The molecule has 1 rings (SSSR count). The van der Waals surface area contributed by atoms with Crippen LogP contribution in [0.25, 0.3) is 0 Å². The Morgan fingerprint density at radius 2 is 2.25 bits per heavy atom. The number of carbonyl (C=O) groups excluding carboxylic acids is 1. The van der Waals surface area contributed by atoms with Crippen LogP contribution in [0.4, 0.5) is 11.6 Å². The van der Waals surface area contributed by atoms with Gasteiger partial charge in [-0.3, -0.25) is 4.79 Å². The third kappa shape index (κ3) is 4.59. The van der Waals surface area contributed by atoms with Crippen LogP contribution in [0.3, 0.4) is 0 Å². The molecule has 0 atom stereocenters. The number of nitrogens with two attached hydrogens (primary N) is 1. The van der Waals surface area contributed by atoms with Crippen LogP contribution in [0.1, 0.15) is 13.8 Å². The van der Waals surface area contributed by atoms with Crippen molar-refractivity contribution < 1.29 is 4.79 Å². The normalized spacial score (nSPS) is 10.2. The first-order chi connectivity index (χ1) is 7.58. The maximum atomic E-state index is 11.4. The Kier molecular flexibility index (Phi) is 4.50. The van der Waals surface area contributed by atoms with Crippen LogP contribution in [-0.4, -0.2) is 29.0 Å². The van der Waals surface area contributed by atoms with Gasteiger partial charge in [-0.15, -0.1) is 0 Å². The van der Waals surface area contributed by atoms with Crippen LogP contribution in [0, 0.1) is 5.92 Å². The van der Waals surface area contributed by atoms with Gasteiger partial charge in [0.2, 0.25) is 5.91 Å². The van der Waals surface area contributed by atoms with Gasteiger partial charge < -0.3 is 16.4 Å². The quantitative estimate of drug-likeness (QED) is 0.665. The summed E-state index contributed by atoms with van der Waals surface area (Å²) in [6.07, 6.45) is 1.35. The number of hydrogen-bond donors (Lipinski definition) is 3. The number of amides is 1. The lowest BCUT2D eigenvalue weighted by molar-refractivity contribution is -0.119. The van der Waals surface area contributed by atoms with Crippen molar-refractivity contribution in [2.45, 2.75) is 13.8 Å². The third-order valence-electron chi connectivity index (χ3n) is 1.83. The zero-order valence-electron chi connectivity index (χ0n) is 9.53. The fourth-order valence-corrected chi connectivity index (χ4v) is 1.02. The lowest BCUT2D eigenvalue weighted by atomic mass is 10.2. The van der Waals surface area contributed by atoms with Crippen molar-refractivity contribution in [1.82, 2.24) is 15.3 Å². The molecule has 1 aromatic rings. The Bertz CT molecular complexity index is 353.